The van der Waals surface area contributed by atoms with Crippen LogP contribution in [-0.2, 0) is 4.74 Å². The van der Waals surface area contributed by atoms with Crippen molar-refractivity contribution in [3.8, 4) is 5.75 Å². The van der Waals surface area contributed by atoms with Gasteiger partial charge in [0.1, 0.15) is 0 Å². The lowest BCUT2D eigenvalue weighted by Crippen LogP contribution is -2.12. The summed E-state index contributed by atoms with van der Waals surface area (Å²) < 4.78 is 35.1. The van der Waals surface area contributed by atoms with Crippen molar-refractivity contribution in [2.75, 3.05) is 19.5 Å². The summed E-state index contributed by atoms with van der Waals surface area (Å²) in [6.07, 6.45) is -0.876. The van der Waals surface area contributed by atoms with Gasteiger partial charge in [0.15, 0.2) is 17.4 Å². The smallest absolute Gasteiger partial charge is 0.411 e. The average molecular weight is 217 g/mol. The zero-order valence-corrected chi connectivity index (χ0v) is 8.14. The number of anilines is 1. The van der Waals surface area contributed by atoms with E-state index in [4.69, 9.17) is 0 Å². The van der Waals surface area contributed by atoms with Crippen molar-refractivity contribution in [2.45, 2.75) is 0 Å². The molecular weight excluding hydrogens is 208 g/mol. The van der Waals surface area contributed by atoms with Gasteiger partial charge < -0.3 is 9.47 Å². The molecule has 1 N–H and O–H groups in total. The Labute approximate surface area is 84.8 Å². The maximum Gasteiger partial charge on any atom is 0.411 e. The van der Waals surface area contributed by atoms with Gasteiger partial charge in [0.05, 0.1) is 19.9 Å². The first-order valence-corrected chi connectivity index (χ1v) is 3.96. The predicted octanol–water partition coefficient (Wildman–Crippen LogP) is 2.15. The van der Waals surface area contributed by atoms with E-state index in [-0.39, 0.29) is 11.4 Å². The molecule has 82 valence electrons. The molecule has 0 radical (unpaired) electrons. The van der Waals surface area contributed by atoms with Crippen LogP contribution in [0, 0.1) is 11.6 Å². The minimum Gasteiger partial charge on any atom is -0.494 e. The van der Waals surface area contributed by atoms with Crippen molar-refractivity contribution in [1.82, 2.24) is 0 Å². The number of carbonyl (C=O) groups is 1. The lowest BCUT2D eigenvalue weighted by Gasteiger charge is -2.07. The molecule has 0 atom stereocenters. The molecule has 1 rings (SSSR count). The number of rotatable bonds is 2. The second kappa shape index (κ2) is 4.59. The van der Waals surface area contributed by atoms with Crippen molar-refractivity contribution in [2.24, 2.45) is 0 Å². The molecule has 0 saturated carbocycles. The van der Waals surface area contributed by atoms with Crippen LogP contribution in [0.15, 0.2) is 12.1 Å². The lowest BCUT2D eigenvalue weighted by atomic mass is 10.2. The molecule has 0 aliphatic heterocycles. The topological polar surface area (TPSA) is 47.6 Å². The fraction of sp³-hybridized carbons (Fsp3) is 0.222. The summed E-state index contributed by atoms with van der Waals surface area (Å²) in [5, 5.41) is 2.02. The highest BCUT2D eigenvalue weighted by Crippen LogP contribution is 2.24. The molecule has 1 aromatic carbocycles. The van der Waals surface area contributed by atoms with E-state index in [2.05, 4.69) is 9.47 Å². The van der Waals surface area contributed by atoms with Crippen molar-refractivity contribution in [1.29, 1.82) is 0 Å². The zero-order chi connectivity index (χ0) is 11.4. The van der Waals surface area contributed by atoms with Crippen molar-refractivity contribution < 1.29 is 23.0 Å². The van der Waals surface area contributed by atoms with Crippen molar-refractivity contribution >= 4 is 11.8 Å². The Morgan fingerprint density at radius 1 is 1.27 bits per heavy atom. The van der Waals surface area contributed by atoms with Gasteiger partial charge >= 0.3 is 6.09 Å². The van der Waals surface area contributed by atoms with E-state index in [0.29, 0.717) is 0 Å². The van der Waals surface area contributed by atoms with E-state index in [9.17, 15) is 13.6 Å². The van der Waals surface area contributed by atoms with Crippen LogP contribution in [0.2, 0.25) is 0 Å². The maximum atomic E-state index is 13.2. The van der Waals surface area contributed by atoms with Crippen LogP contribution in [0.3, 0.4) is 0 Å². The third kappa shape index (κ3) is 2.55. The summed E-state index contributed by atoms with van der Waals surface area (Å²) in [6, 6.07) is 1.64. The van der Waals surface area contributed by atoms with Crippen LogP contribution >= 0.6 is 0 Å². The van der Waals surface area contributed by atoms with E-state index in [1.807, 2.05) is 5.32 Å². The Morgan fingerprint density at radius 3 is 2.47 bits per heavy atom. The minimum absolute atomic E-state index is 0.233. The number of ether oxygens (including phenoxy) is 2. The number of hydrogen-bond acceptors (Lipinski definition) is 3. The highest BCUT2D eigenvalue weighted by molar-refractivity contribution is 5.84. The average Bonchev–Trinajstić information content (AvgIpc) is 2.22. The molecule has 0 saturated heterocycles. The molecule has 0 aromatic heterocycles. The van der Waals surface area contributed by atoms with Gasteiger partial charge in [-0.25, -0.2) is 13.6 Å². The molecule has 0 heterocycles. The van der Waals surface area contributed by atoms with Crippen LogP contribution < -0.4 is 10.1 Å². The first-order valence-electron chi connectivity index (χ1n) is 3.96. The molecule has 4 nitrogen and oxygen atoms in total. The number of methoxy groups -OCH3 is 2. The Kier molecular flexibility index (Phi) is 3.43. The largest absolute Gasteiger partial charge is 0.494 e. The van der Waals surface area contributed by atoms with E-state index < -0.39 is 17.7 Å². The van der Waals surface area contributed by atoms with Crippen molar-refractivity contribution in [3.05, 3.63) is 23.8 Å². The number of carbonyl (C=O) groups excluding carboxylic acids is 1. The number of amides is 1. The first kappa shape index (κ1) is 11.2. The van der Waals surface area contributed by atoms with Gasteiger partial charge in [-0.3, -0.25) is 5.32 Å². The normalized spacial score (nSPS) is 9.60. The van der Waals surface area contributed by atoms with Gasteiger partial charge in [-0.15, -0.1) is 0 Å². The summed E-state index contributed by atoms with van der Waals surface area (Å²) in [6.45, 7) is 0. The second-order valence-corrected chi connectivity index (χ2v) is 2.58. The van der Waals surface area contributed by atoms with Gasteiger partial charge in [0.25, 0.3) is 0 Å². The lowest BCUT2D eigenvalue weighted by molar-refractivity contribution is 0.186. The van der Waals surface area contributed by atoms with Crippen LogP contribution in [0.25, 0.3) is 0 Å². The molecular formula is C9H9F2NO3. The molecule has 15 heavy (non-hydrogen) atoms. The highest BCUT2D eigenvalue weighted by Gasteiger charge is 2.12. The Hall–Kier alpha value is -1.85. The Morgan fingerprint density at radius 2 is 1.93 bits per heavy atom. The van der Waals surface area contributed by atoms with Gasteiger partial charge in [0.2, 0.25) is 0 Å². The second-order valence-electron chi connectivity index (χ2n) is 2.58. The first-order chi connectivity index (χ1) is 7.08. The SMILES string of the molecule is COC(=O)Nc1cc(F)c(OC)cc1F. The molecule has 1 amide bonds. The zero-order valence-electron chi connectivity index (χ0n) is 8.14. The highest BCUT2D eigenvalue weighted by atomic mass is 19.1. The fourth-order valence-corrected chi connectivity index (χ4v) is 0.942. The van der Waals surface area contributed by atoms with E-state index in [1.54, 1.807) is 0 Å². The summed E-state index contributed by atoms with van der Waals surface area (Å²) in [7, 11) is 2.33. The Balaban J connectivity index is 3.00. The monoisotopic (exact) mass is 217 g/mol. The number of nitrogens with one attached hydrogen (secondary N) is 1. The van der Waals surface area contributed by atoms with E-state index in [0.717, 1.165) is 19.2 Å². The summed E-state index contributed by atoms with van der Waals surface area (Å²) in [5.41, 5.74) is -0.305. The molecule has 1 aromatic rings. The summed E-state index contributed by atoms with van der Waals surface area (Å²) >= 11 is 0. The molecule has 0 bridgehead atoms. The molecule has 0 spiro atoms. The quantitative estimate of drug-likeness (QED) is 0.825. The van der Waals surface area contributed by atoms with Crippen molar-refractivity contribution in [3.63, 3.8) is 0 Å². The van der Waals surface area contributed by atoms with Crippen LogP contribution in [0.5, 0.6) is 5.75 Å². The number of hydrogen-bond donors (Lipinski definition) is 1. The molecule has 0 unspecified atom stereocenters. The predicted molar refractivity (Wildman–Crippen MR) is 48.9 cm³/mol. The van der Waals surface area contributed by atoms with E-state index >= 15 is 0 Å². The maximum absolute atomic E-state index is 13.2. The van der Waals surface area contributed by atoms with Crippen LogP contribution in [0.4, 0.5) is 19.3 Å². The van der Waals surface area contributed by atoms with Gasteiger partial charge in [-0.1, -0.05) is 0 Å². The van der Waals surface area contributed by atoms with E-state index in [1.165, 1.54) is 7.11 Å². The summed E-state index contributed by atoms with van der Waals surface area (Å²) in [5.74, 6) is -1.81. The third-order valence-electron chi connectivity index (χ3n) is 1.66. The van der Waals surface area contributed by atoms with Gasteiger partial charge in [-0.2, -0.15) is 0 Å². The van der Waals surface area contributed by atoms with Gasteiger partial charge in [0, 0.05) is 12.1 Å². The van der Waals surface area contributed by atoms with Crippen LogP contribution in [0.1, 0.15) is 0 Å². The standard InChI is InChI=1S/C9H9F2NO3/c1-14-8-4-5(10)7(3-6(8)11)12-9(13)15-2/h3-4H,1-2H3,(H,12,13). The Bertz CT molecular complexity index is 382. The molecule has 0 fully saturated rings. The molecule has 0 aliphatic carbocycles. The molecule has 0 aliphatic rings. The fourth-order valence-electron chi connectivity index (χ4n) is 0.942. The summed E-state index contributed by atoms with van der Waals surface area (Å²) in [4.78, 5) is 10.7. The third-order valence-corrected chi connectivity index (χ3v) is 1.66. The van der Waals surface area contributed by atoms with Crippen LogP contribution in [-0.4, -0.2) is 20.3 Å². The number of halogens is 2. The molecule has 6 heteroatoms. The minimum atomic E-state index is -0.876. The number of benzene rings is 1. The van der Waals surface area contributed by atoms with Gasteiger partial charge in [-0.05, 0) is 0 Å².